The number of amides is 1. The molecule has 6 nitrogen and oxygen atoms in total. The van der Waals surface area contributed by atoms with Gasteiger partial charge in [-0.3, -0.25) is 9.69 Å². The van der Waals surface area contributed by atoms with Crippen molar-refractivity contribution in [1.29, 1.82) is 0 Å². The van der Waals surface area contributed by atoms with E-state index in [-0.39, 0.29) is 17.9 Å². The minimum Gasteiger partial charge on any atom is -0.349 e. The van der Waals surface area contributed by atoms with E-state index < -0.39 is 0 Å². The molecule has 3 aromatic rings. The van der Waals surface area contributed by atoms with Gasteiger partial charge in [-0.25, -0.2) is 0 Å². The van der Waals surface area contributed by atoms with E-state index in [4.69, 9.17) is 16.1 Å². The topological polar surface area (TPSA) is 71.3 Å². The van der Waals surface area contributed by atoms with Crippen molar-refractivity contribution in [3.05, 3.63) is 70.1 Å². The monoisotopic (exact) mass is 452 g/mol. The number of hydrogen-bond acceptors (Lipinski definition) is 5. The molecule has 0 spiro atoms. The van der Waals surface area contributed by atoms with Crippen LogP contribution in [0.1, 0.15) is 48.4 Å². The van der Waals surface area contributed by atoms with Crippen molar-refractivity contribution in [2.75, 3.05) is 13.1 Å². The lowest BCUT2D eigenvalue weighted by atomic mass is 9.95. The fourth-order valence-electron chi connectivity index (χ4n) is 4.03. The molecule has 1 aliphatic heterocycles. The van der Waals surface area contributed by atoms with Gasteiger partial charge in [-0.05, 0) is 87.7 Å². The second kappa shape index (κ2) is 9.84. The van der Waals surface area contributed by atoms with Crippen molar-refractivity contribution >= 4 is 17.5 Å². The fraction of sp³-hybridized carbons (Fsp3) is 0.400. The van der Waals surface area contributed by atoms with Gasteiger partial charge in [0.1, 0.15) is 0 Å². The highest BCUT2D eigenvalue weighted by Gasteiger charge is 2.27. The van der Waals surface area contributed by atoms with Crippen LogP contribution in [-0.2, 0) is 11.3 Å². The van der Waals surface area contributed by atoms with Crippen LogP contribution in [0.15, 0.2) is 47.0 Å². The molecule has 0 saturated carbocycles. The molecular formula is C25H29ClN4O2. The van der Waals surface area contributed by atoms with Crippen LogP contribution in [0.2, 0.25) is 5.02 Å². The number of likely N-dealkylation sites (tertiary alicyclic amines) is 1. The van der Waals surface area contributed by atoms with Gasteiger partial charge in [0.2, 0.25) is 17.6 Å². The van der Waals surface area contributed by atoms with Gasteiger partial charge in [0.25, 0.3) is 0 Å². The third-order valence-corrected chi connectivity index (χ3v) is 6.53. The lowest BCUT2D eigenvalue weighted by molar-refractivity contribution is -0.127. The number of nitrogens with zero attached hydrogens (tertiary/aromatic N) is 3. The highest BCUT2D eigenvalue weighted by Crippen LogP contribution is 2.23. The second-order valence-electron chi connectivity index (χ2n) is 8.64. The largest absolute Gasteiger partial charge is 0.349 e. The molecule has 168 valence electrons. The van der Waals surface area contributed by atoms with E-state index in [0.29, 0.717) is 23.3 Å². The maximum atomic E-state index is 12.8. The van der Waals surface area contributed by atoms with Crippen LogP contribution in [-0.4, -0.2) is 34.0 Å². The van der Waals surface area contributed by atoms with E-state index in [1.165, 1.54) is 11.1 Å². The van der Waals surface area contributed by atoms with Gasteiger partial charge >= 0.3 is 0 Å². The quantitative estimate of drug-likeness (QED) is 0.563. The van der Waals surface area contributed by atoms with Crippen molar-refractivity contribution in [2.45, 2.75) is 46.2 Å². The number of halogens is 1. The zero-order valence-corrected chi connectivity index (χ0v) is 19.5. The first-order valence-electron chi connectivity index (χ1n) is 11.1. The van der Waals surface area contributed by atoms with Crippen molar-refractivity contribution < 1.29 is 9.32 Å². The molecular weight excluding hydrogens is 424 g/mol. The Kier molecular flexibility index (Phi) is 6.92. The summed E-state index contributed by atoms with van der Waals surface area (Å²) in [4.78, 5) is 19.6. The van der Waals surface area contributed by atoms with E-state index in [2.05, 4.69) is 52.4 Å². The van der Waals surface area contributed by atoms with Crippen molar-refractivity contribution in [2.24, 2.45) is 5.92 Å². The van der Waals surface area contributed by atoms with Crippen LogP contribution < -0.4 is 5.32 Å². The zero-order chi connectivity index (χ0) is 22.7. The molecule has 32 heavy (non-hydrogen) atoms. The average Bonchev–Trinajstić information content (AvgIpc) is 3.25. The summed E-state index contributed by atoms with van der Waals surface area (Å²) in [5, 5.41) is 7.95. The Hall–Kier alpha value is -2.70. The average molecular weight is 453 g/mol. The molecule has 0 bridgehead atoms. The summed E-state index contributed by atoms with van der Waals surface area (Å²) in [5.74, 6) is 1.32. The molecule has 1 atom stereocenters. The first kappa shape index (κ1) is 22.5. The van der Waals surface area contributed by atoms with Crippen LogP contribution in [0.25, 0.3) is 11.4 Å². The molecule has 1 aromatic heterocycles. The number of carbonyl (C=O) groups is 1. The van der Waals surface area contributed by atoms with Crippen LogP contribution in [0.3, 0.4) is 0 Å². The molecule has 7 heteroatoms. The van der Waals surface area contributed by atoms with E-state index in [0.717, 1.165) is 37.1 Å². The summed E-state index contributed by atoms with van der Waals surface area (Å²) in [6, 6.07) is 13.7. The Morgan fingerprint density at radius 3 is 2.56 bits per heavy atom. The van der Waals surface area contributed by atoms with Crippen molar-refractivity contribution in [1.82, 2.24) is 20.4 Å². The van der Waals surface area contributed by atoms with Crippen molar-refractivity contribution in [3.63, 3.8) is 0 Å². The summed E-state index contributed by atoms with van der Waals surface area (Å²) in [5.41, 5.74) is 4.53. The molecule has 4 rings (SSSR count). The Labute approximate surface area is 194 Å². The van der Waals surface area contributed by atoms with Gasteiger partial charge in [-0.15, -0.1) is 0 Å². The smallest absolute Gasteiger partial charge is 0.241 e. The van der Waals surface area contributed by atoms with Crippen LogP contribution in [0.4, 0.5) is 0 Å². The lowest BCUT2D eigenvalue weighted by Crippen LogP contribution is -2.41. The molecule has 1 aliphatic rings. The molecule has 1 saturated heterocycles. The lowest BCUT2D eigenvalue weighted by Gasteiger charge is -2.31. The van der Waals surface area contributed by atoms with Gasteiger partial charge in [-0.1, -0.05) is 35.0 Å². The highest BCUT2D eigenvalue weighted by atomic mass is 35.5. The van der Waals surface area contributed by atoms with Crippen LogP contribution >= 0.6 is 11.6 Å². The SMILES string of the molecule is Cc1ccc(C(C)NC(=O)C2CCN(Cc3nc(-c4ccc(Cl)cc4)no3)CC2)cc1C. The third kappa shape index (κ3) is 5.37. The number of carbonyl (C=O) groups excluding carboxylic acids is 1. The summed E-state index contributed by atoms with van der Waals surface area (Å²) in [6.07, 6.45) is 1.65. The van der Waals surface area contributed by atoms with Crippen LogP contribution in [0.5, 0.6) is 0 Å². The zero-order valence-electron chi connectivity index (χ0n) is 18.8. The first-order valence-corrected chi connectivity index (χ1v) is 11.5. The molecule has 0 radical (unpaired) electrons. The highest BCUT2D eigenvalue weighted by molar-refractivity contribution is 6.30. The number of nitrogens with one attached hydrogen (secondary N) is 1. The maximum Gasteiger partial charge on any atom is 0.241 e. The van der Waals surface area contributed by atoms with E-state index in [1.54, 1.807) is 0 Å². The molecule has 1 fully saturated rings. The molecule has 1 N–H and O–H groups in total. The Morgan fingerprint density at radius 2 is 1.88 bits per heavy atom. The number of aryl methyl sites for hydroxylation is 2. The minimum atomic E-state index is 0.00418. The van der Waals surface area contributed by atoms with Gasteiger partial charge in [-0.2, -0.15) is 4.98 Å². The molecule has 1 amide bonds. The predicted octanol–water partition coefficient (Wildman–Crippen LogP) is 5.10. The Morgan fingerprint density at radius 1 is 1.16 bits per heavy atom. The normalized spacial score (nSPS) is 16.1. The third-order valence-electron chi connectivity index (χ3n) is 6.28. The molecule has 2 aromatic carbocycles. The summed E-state index contributed by atoms with van der Waals surface area (Å²) in [7, 11) is 0. The number of hydrogen-bond donors (Lipinski definition) is 1. The van der Waals surface area contributed by atoms with Crippen molar-refractivity contribution in [3.8, 4) is 11.4 Å². The standard InChI is InChI=1S/C25H29ClN4O2/c1-16-4-5-21(14-17(16)2)18(3)27-25(31)20-10-12-30(13-11-20)15-23-28-24(29-32-23)19-6-8-22(26)9-7-19/h4-9,14,18,20H,10-13,15H2,1-3H3,(H,27,31). The van der Waals surface area contributed by atoms with E-state index in [1.807, 2.05) is 31.2 Å². The molecule has 0 aliphatic carbocycles. The number of piperidine rings is 1. The number of aromatic nitrogens is 2. The molecule has 1 unspecified atom stereocenters. The number of benzene rings is 2. The molecule has 2 heterocycles. The number of rotatable bonds is 6. The fourth-order valence-corrected chi connectivity index (χ4v) is 4.15. The van der Waals surface area contributed by atoms with Crippen LogP contribution in [0, 0.1) is 19.8 Å². The first-order chi connectivity index (χ1) is 15.4. The van der Waals surface area contributed by atoms with Gasteiger partial charge in [0.05, 0.1) is 12.6 Å². The van der Waals surface area contributed by atoms with E-state index >= 15 is 0 Å². The van der Waals surface area contributed by atoms with Gasteiger partial charge in [0.15, 0.2) is 0 Å². The van der Waals surface area contributed by atoms with E-state index in [9.17, 15) is 4.79 Å². The maximum absolute atomic E-state index is 12.8. The minimum absolute atomic E-state index is 0.00418. The predicted molar refractivity (Wildman–Crippen MR) is 125 cm³/mol. The summed E-state index contributed by atoms with van der Waals surface area (Å²) in [6.45, 7) is 8.50. The Bertz CT molecular complexity index is 1070. The summed E-state index contributed by atoms with van der Waals surface area (Å²) < 4.78 is 5.43. The second-order valence-corrected chi connectivity index (χ2v) is 9.08. The Balaban J connectivity index is 1.27. The van der Waals surface area contributed by atoms with Gasteiger partial charge < -0.3 is 9.84 Å². The van der Waals surface area contributed by atoms with Gasteiger partial charge in [0, 0.05) is 16.5 Å². The summed E-state index contributed by atoms with van der Waals surface area (Å²) >= 11 is 5.94.